The summed E-state index contributed by atoms with van der Waals surface area (Å²) in [6.07, 6.45) is 2.87. The fourth-order valence-corrected chi connectivity index (χ4v) is 4.31. The van der Waals surface area contributed by atoms with Gasteiger partial charge in [0.2, 0.25) is 11.8 Å². The molecule has 178 valence electrons. The van der Waals surface area contributed by atoms with Crippen LogP contribution in [0.2, 0.25) is 5.02 Å². The second-order valence-corrected chi connectivity index (χ2v) is 8.20. The maximum Gasteiger partial charge on any atom is 0.269 e. The topological polar surface area (TPSA) is 132 Å². The van der Waals surface area contributed by atoms with Crippen molar-refractivity contribution in [1.29, 1.82) is 0 Å². The van der Waals surface area contributed by atoms with Gasteiger partial charge in [-0.25, -0.2) is 4.39 Å². The summed E-state index contributed by atoms with van der Waals surface area (Å²) in [6.45, 7) is -0.0414. The number of carbonyl (C=O) groups is 3. The summed E-state index contributed by atoms with van der Waals surface area (Å²) in [6, 6.07) is 5.22. The van der Waals surface area contributed by atoms with Gasteiger partial charge in [0, 0.05) is 38.2 Å². The average molecular weight is 489 g/mol. The first-order valence-corrected chi connectivity index (χ1v) is 10.8. The van der Waals surface area contributed by atoms with Gasteiger partial charge in [0.25, 0.3) is 5.91 Å². The van der Waals surface area contributed by atoms with Crippen LogP contribution >= 0.6 is 11.6 Å². The van der Waals surface area contributed by atoms with Gasteiger partial charge in [0.1, 0.15) is 18.4 Å². The van der Waals surface area contributed by atoms with Crippen molar-refractivity contribution >= 4 is 40.2 Å². The van der Waals surface area contributed by atoms with Crippen molar-refractivity contribution in [2.45, 2.75) is 31.7 Å². The third-order valence-corrected chi connectivity index (χ3v) is 6.08. The van der Waals surface area contributed by atoms with Gasteiger partial charge in [-0.1, -0.05) is 23.7 Å². The molecule has 2 atom stereocenters. The van der Waals surface area contributed by atoms with Gasteiger partial charge in [0.15, 0.2) is 5.69 Å². The number of aromatic nitrogens is 3. The lowest BCUT2D eigenvalue weighted by molar-refractivity contribution is -0.141. The molecule has 1 aromatic carbocycles. The summed E-state index contributed by atoms with van der Waals surface area (Å²) >= 11 is 5.80. The number of likely N-dealkylation sites (tertiary alicyclic amines) is 1. The maximum atomic E-state index is 14.2. The third-order valence-electron chi connectivity index (χ3n) is 5.79. The van der Waals surface area contributed by atoms with E-state index in [1.54, 1.807) is 12.1 Å². The van der Waals surface area contributed by atoms with Crippen molar-refractivity contribution < 1.29 is 23.5 Å². The van der Waals surface area contributed by atoms with Crippen LogP contribution in [0.3, 0.4) is 0 Å². The monoisotopic (exact) mass is 488 g/mol. The molecule has 3 heterocycles. The summed E-state index contributed by atoms with van der Waals surface area (Å²) in [5, 5.41) is 7.22. The van der Waals surface area contributed by atoms with Gasteiger partial charge in [-0.15, -0.1) is 0 Å². The molecule has 3 aromatic rings. The summed E-state index contributed by atoms with van der Waals surface area (Å²) in [7, 11) is 1.46. The molecule has 0 spiro atoms. The molecule has 1 saturated heterocycles. The van der Waals surface area contributed by atoms with E-state index in [1.165, 1.54) is 41.2 Å². The van der Waals surface area contributed by atoms with E-state index < -0.39 is 35.7 Å². The minimum absolute atomic E-state index is 0.00457. The van der Waals surface area contributed by atoms with E-state index in [-0.39, 0.29) is 35.9 Å². The Morgan fingerprint density at radius 2 is 2.12 bits per heavy atom. The van der Waals surface area contributed by atoms with Crippen LogP contribution in [-0.2, 0) is 27.4 Å². The highest BCUT2D eigenvalue weighted by Gasteiger charge is 2.42. The van der Waals surface area contributed by atoms with Crippen LogP contribution in [0, 0.1) is 5.82 Å². The number of nitrogens with one attached hydrogen (secondary N) is 1. The molecule has 0 radical (unpaired) electrons. The largest absolute Gasteiger partial charge is 0.379 e. The normalized spacial score (nSPS) is 17.8. The zero-order valence-corrected chi connectivity index (χ0v) is 19.0. The van der Waals surface area contributed by atoms with Crippen molar-refractivity contribution in [2.75, 3.05) is 13.7 Å². The number of halogens is 2. The Labute approximate surface area is 198 Å². The first-order valence-electron chi connectivity index (χ1n) is 10.4. The molecule has 1 aliphatic rings. The minimum Gasteiger partial charge on any atom is -0.379 e. The quantitative estimate of drug-likeness (QED) is 0.514. The minimum atomic E-state index is -0.918. The SMILES string of the molecule is CO[C@@H]1CCN(C(=O)Cn2nc(C(N)=O)c3cnccc32)[C@@H]1C(=O)NCc1cccc(Cl)c1F. The first kappa shape index (κ1) is 23.6. The summed E-state index contributed by atoms with van der Waals surface area (Å²) in [4.78, 5) is 43.4. The molecule has 0 aliphatic carbocycles. The number of ether oxygens (including phenoxy) is 1. The number of hydrogen-bond donors (Lipinski definition) is 2. The predicted octanol–water partition coefficient (Wildman–Crippen LogP) is 1.26. The number of methoxy groups -OCH3 is 1. The number of benzene rings is 1. The number of nitrogens with two attached hydrogens (primary N) is 1. The van der Waals surface area contributed by atoms with E-state index in [1.807, 2.05) is 0 Å². The Hall–Kier alpha value is -3.57. The molecule has 34 heavy (non-hydrogen) atoms. The zero-order chi connectivity index (χ0) is 24.4. The standard InChI is InChI=1S/C22H22ClFN6O4/c1-34-16-6-8-29(20(16)22(33)27-9-12-3-2-4-14(23)18(12)24)17(31)11-30-15-5-7-26-10-13(15)19(28-30)21(25)32/h2-5,7,10,16,20H,6,8-9,11H2,1H3,(H2,25,32)(H,27,33)/t16-,20+/m1/s1. The number of primary amides is 1. The van der Waals surface area contributed by atoms with E-state index in [9.17, 15) is 18.8 Å². The van der Waals surface area contributed by atoms with Crippen LogP contribution in [0.4, 0.5) is 4.39 Å². The summed E-state index contributed by atoms with van der Waals surface area (Å²) in [5.41, 5.74) is 6.14. The molecule has 1 aliphatic heterocycles. The van der Waals surface area contributed by atoms with Gasteiger partial charge >= 0.3 is 0 Å². The average Bonchev–Trinajstić information content (AvgIpc) is 3.42. The van der Waals surface area contributed by atoms with E-state index in [2.05, 4.69) is 15.4 Å². The number of fused-ring (bicyclic) bond motifs is 1. The van der Waals surface area contributed by atoms with Gasteiger partial charge in [-0.05, 0) is 18.6 Å². The van der Waals surface area contributed by atoms with Crippen molar-refractivity contribution in [3.63, 3.8) is 0 Å². The Morgan fingerprint density at radius 3 is 2.85 bits per heavy atom. The van der Waals surface area contributed by atoms with Crippen LogP contribution in [0.25, 0.3) is 10.9 Å². The van der Waals surface area contributed by atoms with Crippen molar-refractivity contribution in [3.8, 4) is 0 Å². The molecular weight excluding hydrogens is 467 g/mol. The van der Waals surface area contributed by atoms with Crippen LogP contribution in [-0.4, -0.2) is 63.2 Å². The fraction of sp³-hybridized carbons (Fsp3) is 0.318. The second-order valence-electron chi connectivity index (χ2n) is 7.79. The zero-order valence-electron chi connectivity index (χ0n) is 18.2. The van der Waals surface area contributed by atoms with E-state index in [0.717, 1.165) is 0 Å². The number of rotatable bonds is 7. The van der Waals surface area contributed by atoms with E-state index in [4.69, 9.17) is 22.1 Å². The lowest BCUT2D eigenvalue weighted by atomic mass is 10.1. The Bertz CT molecular complexity index is 1270. The molecule has 2 aromatic heterocycles. The van der Waals surface area contributed by atoms with Crippen LogP contribution < -0.4 is 11.1 Å². The maximum absolute atomic E-state index is 14.2. The van der Waals surface area contributed by atoms with Crippen LogP contribution in [0.5, 0.6) is 0 Å². The van der Waals surface area contributed by atoms with Crippen molar-refractivity contribution in [2.24, 2.45) is 5.73 Å². The Morgan fingerprint density at radius 1 is 1.32 bits per heavy atom. The van der Waals surface area contributed by atoms with Crippen molar-refractivity contribution in [3.05, 3.63) is 58.8 Å². The second kappa shape index (κ2) is 9.74. The number of amides is 3. The number of pyridine rings is 1. The molecule has 12 heteroatoms. The third kappa shape index (κ3) is 4.44. The molecule has 0 saturated carbocycles. The molecule has 10 nitrogen and oxygen atoms in total. The first-order chi connectivity index (χ1) is 16.3. The predicted molar refractivity (Wildman–Crippen MR) is 120 cm³/mol. The Balaban J connectivity index is 1.53. The molecule has 1 fully saturated rings. The lowest BCUT2D eigenvalue weighted by Crippen LogP contribution is -2.51. The highest BCUT2D eigenvalue weighted by atomic mass is 35.5. The van der Waals surface area contributed by atoms with Gasteiger partial charge < -0.3 is 20.7 Å². The Kier molecular flexibility index (Phi) is 6.75. The molecule has 0 bridgehead atoms. The van der Waals surface area contributed by atoms with Gasteiger partial charge in [0.05, 0.1) is 22.0 Å². The van der Waals surface area contributed by atoms with Crippen LogP contribution in [0.15, 0.2) is 36.7 Å². The summed E-state index contributed by atoms with van der Waals surface area (Å²) < 4.78 is 21.0. The van der Waals surface area contributed by atoms with Crippen molar-refractivity contribution in [1.82, 2.24) is 25.0 Å². The number of carbonyl (C=O) groups excluding carboxylic acids is 3. The van der Waals surface area contributed by atoms with Crippen LogP contribution in [0.1, 0.15) is 22.5 Å². The highest BCUT2D eigenvalue weighted by Crippen LogP contribution is 2.24. The van der Waals surface area contributed by atoms with E-state index in [0.29, 0.717) is 17.3 Å². The molecule has 0 unspecified atom stereocenters. The molecular formula is C22H22ClFN6O4. The van der Waals surface area contributed by atoms with Gasteiger partial charge in [-0.3, -0.25) is 24.0 Å². The highest BCUT2D eigenvalue weighted by molar-refractivity contribution is 6.30. The number of nitrogens with zero attached hydrogens (tertiary/aromatic N) is 4. The van der Waals surface area contributed by atoms with Gasteiger partial charge in [-0.2, -0.15) is 5.10 Å². The summed E-state index contributed by atoms with van der Waals surface area (Å²) in [5.74, 6) is -2.23. The smallest absolute Gasteiger partial charge is 0.269 e. The number of hydrogen-bond acceptors (Lipinski definition) is 6. The molecule has 3 amide bonds. The molecule has 3 N–H and O–H groups in total. The lowest BCUT2D eigenvalue weighted by Gasteiger charge is -2.27. The molecule has 4 rings (SSSR count). The van der Waals surface area contributed by atoms with E-state index >= 15 is 0 Å². The fourth-order valence-electron chi connectivity index (χ4n) is 4.12.